The molecule has 1 aliphatic heterocycles. The number of ether oxygens (including phenoxy) is 1. The number of hydrogen-bond donors (Lipinski definition) is 0. The Labute approximate surface area is 117 Å². The Kier molecular flexibility index (Phi) is 5.03. The van der Waals surface area contributed by atoms with Gasteiger partial charge in [0.1, 0.15) is 0 Å². The van der Waals surface area contributed by atoms with E-state index in [-0.39, 0.29) is 6.10 Å². The lowest BCUT2D eigenvalue weighted by atomic mass is 10.1. The van der Waals surface area contributed by atoms with Crippen molar-refractivity contribution in [3.8, 4) is 0 Å². The molecule has 1 aromatic rings. The largest absolute Gasteiger partial charge is 0.377 e. The van der Waals surface area contributed by atoms with Crippen molar-refractivity contribution in [1.29, 1.82) is 0 Å². The van der Waals surface area contributed by atoms with Crippen LogP contribution in [0, 0.1) is 15.9 Å². The molecule has 0 aliphatic carbocycles. The second-order valence-electron chi connectivity index (χ2n) is 5.19. The molecule has 1 fully saturated rings. The second kappa shape index (κ2) is 6.76. The SMILES string of the molecule is CN(Cc1cccc([N+](=O)[O-])c1F)CC1CCCCO1. The Hall–Kier alpha value is -1.53. The quantitative estimate of drug-likeness (QED) is 0.615. The van der Waals surface area contributed by atoms with Crippen molar-refractivity contribution in [3.63, 3.8) is 0 Å². The number of benzene rings is 1. The lowest BCUT2D eigenvalue weighted by Crippen LogP contribution is -2.33. The summed E-state index contributed by atoms with van der Waals surface area (Å²) < 4.78 is 19.6. The fourth-order valence-corrected chi connectivity index (χ4v) is 2.48. The van der Waals surface area contributed by atoms with Gasteiger partial charge in [-0.05, 0) is 26.3 Å². The van der Waals surface area contributed by atoms with Gasteiger partial charge < -0.3 is 4.74 Å². The topological polar surface area (TPSA) is 55.6 Å². The first-order chi connectivity index (χ1) is 9.58. The number of nitrogens with zero attached hydrogens (tertiary/aromatic N) is 2. The first-order valence-electron chi connectivity index (χ1n) is 6.80. The van der Waals surface area contributed by atoms with E-state index < -0.39 is 16.4 Å². The lowest BCUT2D eigenvalue weighted by Gasteiger charge is -2.27. The third-order valence-electron chi connectivity index (χ3n) is 3.48. The molecule has 6 heteroatoms. The van der Waals surface area contributed by atoms with E-state index in [9.17, 15) is 14.5 Å². The van der Waals surface area contributed by atoms with Crippen LogP contribution in [0.5, 0.6) is 0 Å². The van der Waals surface area contributed by atoms with Crippen LogP contribution in [0.25, 0.3) is 0 Å². The van der Waals surface area contributed by atoms with Gasteiger partial charge in [0, 0.05) is 31.3 Å². The normalized spacial score (nSPS) is 19.2. The maximum Gasteiger partial charge on any atom is 0.305 e. The fraction of sp³-hybridized carbons (Fsp3) is 0.571. The van der Waals surface area contributed by atoms with E-state index in [1.807, 2.05) is 11.9 Å². The van der Waals surface area contributed by atoms with Crippen molar-refractivity contribution in [2.24, 2.45) is 0 Å². The van der Waals surface area contributed by atoms with Gasteiger partial charge in [0.2, 0.25) is 5.82 Å². The molecule has 0 spiro atoms. The molecule has 0 N–H and O–H groups in total. The number of halogens is 1. The van der Waals surface area contributed by atoms with Crippen LogP contribution >= 0.6 is 0 Å². The van der Waals surface area contributed by atoms with Gasteiger partial charge in [0.05, 0.1) is 11.0 Å². The highest BCUT2D eigenvalue weighted by molar-refractivity contribution is 5.36. The molecule has 1 saturated heterocycles. The summed E-state index contributed by atoms with van der Waals surface area (Å²) >= 11 is 0. The Morgan fingerprint density at radius 3 is 2.95 bits per heavy atom. The van der Waals surface area contributed by atoms with Gasteiger partial charge in [0.15, 0.2) is 0 Å². The summed E-state index contributed by atoms with van der Waals surface area (Å²) in [6, 6.07) is 4.28. The van der Waals surface area contributed by atoms with Crippen LogP contribution in [-0.2, 0) is 11.3 Å². The van der Waals surface area contributed by atoms with E-state index in [0.717, 1.165) is 25.9 Å². The zero-order valence-corrected chi connectivity index (χ0v) is 11.5. The number of nitro benzene ring substituents is 1. The summed E-state index contributed by atoms with van der Waals surface area (Å²) in [6.45, 7) is 1.83. The molecule has 0 bridgehead atoms. The van der Waals surface area contributed by atoms with E-state index in [0.29, 0.717) is 18.7 Å². The number of nitro groups is 1. The molecule has 0 radical (unpaired) electrons. The van der Waals surface area contributed by atoms with Crippen molar-refractivity contribution in [2.45, 2.75) is 31.9 Å². The summed E-state index contributed by atoms with van der Waals surface area (Å²) in [6.07, 6.45) is 3.45. The molecule has 2 rings (SSSR count). The zero-order valence-electron chi connectivity index (χ0n) is 11.5. The van der Waals surface area contributed by atoms with Gasteiger partial charge in [-0.1, -0.05) is 12.1 Å². The Bertz CT molecular complexity index is 475. The molecule has 0 aromatic heterocycles. The highest BCUT2D eigenvalue weighted by Gasteiger charge is 2.20. The average molecular weight is 282 g/mol. The third-order valence-corrected chi connectivity index (χ3v) is 3.48. The molecular weight excluding hydrogens is 263 g/mol. The maximum atomic E-state index is 14.0. The Morgan fingerprint density at radius 1 is 1.50 bits per heavy atom. The minimum atomic E-state index is -0.742. The van der Waals surface area contributed by atoms with Gasteiger partial charge in [-0.3, -0.25) is 15.0 Å². The number of rotatable bonds is 5. The maximum absolute atomic E-state index is 14.0. The summed E-state index contributed by atoms with van der Waals surface area (Å²) in [4.78, 5) is 12.0. The van der Waals surface area contributed by atoms with Crippen molar-refractivity contribution < 1.29 is 14.1 Å². The average Bonchev–Trinajstić information content (AvgIpc) is 2.42. The van der Waals surface area contributed by atoms with E-state index in [1.54, 1.807) is 6.07 Å². The van der Waals surface area contributed by atoms with Crippen LogP contribution in [-0.4, -0.2) is 36.1 Å². The van der Waals surface area contributed by atoms with E-state index in [4.69, 9.17) is 4.74 Å². The first kappa shape index (κ1) is 14.9. The summed E-state index contributed by atoms with van der Waals surface area (Å²) in [5, 5.41) is 10.7. The fourth-order valence-electron chi connectivity index (χ4n) is 2.48. The Balaban J connectivity index is 1.98. The minimum Gasteiger partial charge on any atom is -0.377 e. The van der Waals surface area contributed by atoms with Crippen molar-refractivity contribution in [1.82, 2.24) is 4.90 Å². The van der Waals surface area contributed by atoms with Gasteiger partial charge in [-0.15, -0.1) is 0 Å². The van der Waals surface area contributed by atoms with E-state index in [1.165, 1.54) is 12.1 Å². The molecular formula is C14H19FN2O3. The molecule has 5 nitrogen and oxygen atoms in total. The van der Waals surface area contributed by atoms with Gasteiger partial charge in [0.25, 0.3) is 0 Å². The predicted molar refractivity (Wildman–Crippen MR) is 73.0 cm³/mol. The summed E-state index contributed by atoms with van der Waals surface area (Å²) in [5.41, 5.74) is -0.123. The summed E-state index contributed by atoms with van der Waals surface area (Å²) in [5.74, 6) is -0.742. The second-order valence-corrected chi connectivity index (χ2v) is 5.19. The molecule has 0 amide bonds. The van der Waals surface area contributed by atoms with Crippen molar-refractivity contribution in [2.75, 3.05) is 20.2 Å². The van der Waals surface area contributed by atoms with Gasteiger partial charge >= 0.3 is 5.69 Å². The molecule has 1 atom stereocenters. The van der Waals surface area contributed by atoms with E-state index in [2.05, 4.69) is 0 Å². The van der Waals surface area contributed by atoms with Crippen molar-refractivity contribution in [3.05, 3.63) is 39.7 Å². The standard InChI is InChI=1S/C14H19FN2O3/c1-16(10-12-6-2-3-8-20-12)9-11-5-4-7-13(14(11)15)17(18)19/h4-5,7,12H,2-3,6,8-10H2,1H3. The van der Waals surface area contributed by atoms with Crippen molar-refractivity contribution >= 4 is 5.69 Å². The predicted octanol–water partition coefficient (Wildman–Crippen LogP) is 2.73. The number of likely N-dealkylation sites (N-methyl/N-ethyl adjacent to an activating group) is 1. The lowest BCUT2D eigenvalue weighted by molar-refractivity contribution is -0.387. The molecule has 1 heterocycles. The van der Waals surface area contributed by atoms with Crippen LogP contribution in [0.4, 0.5) is 10.1 Å². The van der Waals surface area contributed by atoms with Gasteiger partial charge in [-0.2, -0.15) is 4.39 Å². The molecule has 1 aromatic carbocycles. The van der Waals surface area contributed by atoms with Crippen LogP contribution in [0.15, 0.2) is 18.2 Å². The smallest absolute Gasteiger partial charge is 0.305 e. The van der Waals surface area contributed by atoms with Crippen LogP contribution in [0.3, 0.4) is 0 Å². The molecule has 1 unspecified atom stereocenters. The Morgan fingerprint density at radius 2 is 2.30 bits per heavy atom. The van der Waals surface area contributed by atoms with Gasteiger partial charge in [-0.25, -0.2) is 0 Å². The summed E-state index contributed by atoms with van der Waals surface area (Å²) in [7, 11) is 1.87. The molecule has 110 valence electrons. The monoisotopic (exact) mass is 282 g/mol. The van der Waals surface area contributed by atoms with Crippen LogP contribution < -0.4 is 0 Å². The molecule has 1 aliphatic rings. The zero-order chi connectivity index (χ0) is 14.5. The molecule has 20 heavy (non-hydrogen) atoms. The number of hydrogen-bond acceptors (Lipinski definition) is 4. The van der Waals surface area contributed by atoms with Crippen LogP contribution in [0.1, 0.15) is 24.8 Å². The highest BCUT2D eigenvalue weighted by Crippen LogP contribution is 2.21. The van der Waals surface area contributed by atoms with E-state index >= 15 is 0 Å². The van der Waals surface area contributed by atoms with Crippen LogP contribution in [0.2, 0.25) is 0 Å². The third kappa shape index (κ3) is 3.74. The molecule has 0 saturated carbocycles. The first-order valence-corrected chi connectivity index (χ1v) is 6.80. The highest BCUT2D eigenvalue weighted by atomic mass is 19.1. The minimum absolute atomic E-state index is 0.176.